The van der Waals surface area contributed by atoms with Gasteiger partial charge in [0.1, 0.15) is 11.3 Å². The van der Waals surface area contributed by atoms with Crippen molar-refractivity contribution in [3.8, 4) is 5.75 Å². The fourth-order valence-electron chi connectivity index (χ4n) is 2.97. The third kappa shape index (κ3) is 4.22. The van der Waals surface area contributed by atoms with Crippen molar-refractivity contribution in [2.24, 2.45) is 0 Å². The molecule has 2 heterocycles. The van der Waals surface area contributed by atoms with Crippen molar-refractivity contribution in [2.75, 3.05) is 31.7 Å². The van der Waals surface area contributed by atoms with Gasteiger partial charge in [0.15, 0.2) is 0 Å². The van der Waals surface area contributed by atoms with Crippen molar-refractivity contribution in [3.63, 3.8) is 0 Å². The molecule has 0 bridgehead atoms. The van der Waals surface area contributed by atoms with Gasteiger partial charge in [0, 0.05) is 25.4 Å². The van der Waals surface area contributed by atoms with Crippen LogP contribution in [0.4, 0.5) is 5.69 Å². The third-order valence-electron chi connectivity index (χ3n) is 4.36. The Hall–Kier alpha value is -3.02. The van der Waals surface area contributed by atoms with Crippen molar-refractivity contribution in [1.29, 1.82) is 0 Å². The molecule has 3 aromatic rings. The van der Waals surface area contributed by atoms with Gasteiger partial charge in [0.05, 0.1) is 30.5 Å². The number of carbonyl (C=O) groups excluding carboxylic acids is 1. The molecule has 6 heteroatoms. The SMILES string of the molecule is CCOC(=O)c1oc2cccc(OCCCN(C)c3cccnc3)c2c1C. The second-order valence-corrected chi connectivity index (χ2v) is 6.24. The molecule has 0 aliphatic heterocycles. The molecule has 0 aliphatic rings. The molecule has 0 atom stereocenters. The molecule has 6 nitrogen and oxygen atoms in total. The van der Waals surface area contributed by atoms with E-state index in [9.17, 15) is 4.79 Å². The minimum atomic E-state index is -0.449. The molecular weight excluding hydrogens is 344 g/mol. The topological polar surface area (TPSA) is 64.8 Å². The number of fused-ring (bicyclic) bond motifs is 1. The van der Waals surface area contributed by atoms with Crippen LogP contribution in [0.3, 0.4) is 0 Å². The van der Waals surface area contributed by atoms with Crippen LogP contribution in [0, 0.1) is 6.92 Å². The lowest BCUT2D eigenvalue weighted by atomic mass is 10.1. The quantitative estimate of drug-likeness (QED) is 0.438. The predicted molar refractivity (Wildman–Crippen MR) is 105 cm³/mol. The number of furan rings is 1. The zero-order valence-corrected chi connectivity index (χ0v) is 15.9. The van der Waals surface area contributed by atoms with Gasteiger partial charge in [-0.2, -0.15) is 0 Å². The van der Waals surface area contributed by atoms with Crippen LogP contribution in [0.15, 0.2) is 47.1 Å². The average Bonchev–Trinajstić information content (AvgIpc) is 3.03. The van der Waals surface area contributed by atoms with E-state index in [0.717, 1.165) is 29.6 Å². The van der Waals surface area contributed by atoms with Gasteiger partial charge >= 0.3 is 5.97 Å². The van der Waals surface area contributed by atoms with E-state index in [1.807, 2.05) is 50.5 Å². The summed E-state index contributed by atoms with van der Waals surface area (Å²) in [6.07, 6.45) is 4.45. The first-order valence-electron chi connectivity index (χ1n) is 9.05. The van der Waals surface area contributed by atoms with E-state index in [-0.39, 0.29) is 5.76 Å². The molecule has 0 saturated carbocycles. The molecule has 3 rings (SSSR count). The lowest BCUT2D eigenvalue weighted by molar-refractivity contribution is 0.0491. The summed E-state index contributed by atoms with van der Waals surface area (Å²) < 4.78 is 16.7. The molecular formula is C21H24N2O4. The summed E-state index contributed by atoms with van der Waals surface area (Å²) in [5.74, 6) is 0.503. The molecule has 0 aliphatic carbocycles. The van der Waals surface area contributed by atoms with Crippen LogP contribution < -0.4 is 9.64 Å². The summed E-state index contributed by atoms with van der Waals surface area (Å²) in [6, 6.07) is 9.53. The van der Waals surface area contributed by atoms with Crippen LogP contribution in [0.1, 0.15) is 29.5 Å². The van der Waals surface area contributed by atoms with Crippen LogP contribution in [0.25, 0.3) is 11.0 Å². The number of nitrogens with zero attached hydrogens (tertiary/aromatic N) is 2. The van der Waals surface area contributed by atoms with Gasteiger partial charge in [-0.05, 0) is 44.5 Å². The summed E-state index contributed by atoms with van der Waals surface area (Å²) in [4.78, 5) is 18.3. The minimum Gasteiger partial charge on any atom is -0.493 e. The van der Waals surface area contributed by atoms with Crippen LogP contribution in [-0.2, 0) is 4.74 Å². The van der Waals surface area contributed by atoms with E-state index < -0.39 is 5.97 Å². The number of rotatable bonds is 8. The van der Waals surface area contributed by atoms with Crippen molar-refractivity contribution < 1.29 is 18.7 Å². The lowest BCUT2D eigenvalue weighted by Crippen LogP contribution is -2.20. The van der Waals surface area contributed by atoms with Crippen molar-refractivity contribution >= 4 is 22.6 Å². The Balaban J connectivity index is 1.66. The standard InChI is InChI=1S/C21H24N2O4/c1-4-25-21(24)20-15(2)19-17(9-5-10-18(19)27-20)26-13-7-12-23(3)16-8-6-11-22-14-16/h5-6,8-11,14H,4,7,12-13H2,1-3H3. The third-order valence-corrected chi connectivity index (χ3v) is 4.36. The van der Waals surface area contributed by atoms with Crippen LogP contribution in [0.2, 0.25) is 0 Å². The number of carbonyl (C=O) groups is 1. The molecule has 142 valence electrons. The van der Waals surface area contributed by atoms with Crippen molar-refractivity contribution in [3.05, 3.63) is 54.0 Å². The number of aryl methyl sites for hydroxylation is 1. The second kappa shape index (κ2) is 8.58. The minimum absolute atomic E-state index is 0.235. The first-order valence-corrected chi connectivity index (χ1v) is 9.05. The molecule has 2 aromatic heterocycles. The van der Waals surface area contributed by atoms with Gasteiger partial charge in [0.25, 0.3) is 0 Å². The summed E-state index contributed by atoms with van der Waals surface area (Å²) >= 11 is 0. The number of ether oxygens (including phenoxy) is 2. The van der Waals surface area contributed by atoms with E-state index in [4.69, 9.17) is 13.9 Å². The average molecular weight is 368 g/mol. The van der Waals surface area contributed by atoms with Crippen molar-refractivity contribution in [2.45, 2.75) is 20.3 Å². The number of esters is 1. The fourth-order valence-corrected chi connectivity index (χ4v) is 2.97. The Bertz CT molecular complexity index is 905. The first kappa shape index (κ1) is 18.8. The smallest absolute Gasteiger partial charge is 0.374 e. The molecule has 0 unspecified atom stereocenters. The number of anilines is 1. The Labute approximate surface area is 158 Å². The van der Waals surface area contributed by atoms with E-state index in [2.05, 4.69) is 9.88 Å². The molecule has 0 fully saturated rings. The molecule has 0 radical (unpaired) electrons. The second-order valence-electron chi connectivity index (χ2n) is 6.24. The maximum absolute atomic E-state index is 12.0. The van der Waals surface area contributed by atoms with Crippen molar-refractivity contribution in [1.82, 2.24) is 4.98 Å². The monoisotopic (exact) mass is 368 g/mol. The highest BCUT2D eigenvalue weighted by molar-refractivity contribution is 5.98. The van der Waals surface area contributed by atoms with E-state index in [1.165, 1.54) is 0 Å². The number of aromatic nitrogens is 1. The maximum Gasteiger partial charge on any atom is 0.374 e. The summed E-state index contributed by atoms with van der Waals surface area (Å²) in [6.45, 7) is 5.33. The normalized spacial score (nSPS) is 10.8. The molecule has 0 N–H and O–H groups in total. The van der Waals surface area contributed by atoms with E-state index >= 15 is 0 Å². The van der Waals surface area contributed by atoms with Gasteiger partial charge in [-0.1, -0.05) is 6.07 Å². The van der Waals surface area contributed by atoms with Crippen LogP contribution in [-0.4, -0.2) is 37.8 Å². The highest BCUT2D eigenvalue weighted by Gasteiger charge is 2.21. The Morgan fingerprint density at radius 1 is 1.26 bits per heavy atom. The molecule has 0 amide bonds. The van der Waals surface area contributed by atoms with Gasteiger partial charge in [-0.25, -0.2) is 4.79 Å². The fraction of sp³-hybridized carbons (Fsp3) is 0.333. The molecule has 1 aromatic carbocycles. The highest BCUT2D eigenvalue weighted by Crippen LogP contribution is 2.33. The summed E-state index contributed by atoms with van der Waals surface area (Å²) in [5.41, 5.74) is 2.44. The van der Waals surface area contributed by atoms with Gasteiger partial charge < -0.3 is 18.8 Å². The molecule has 0 saturated heterocycles. The number of benzene rings is 1. The Morgan fingerprint density at radius 3 is 2.85 bits per heavy atom. The Morgan fingerprint density at radius 2 is 2.11 bits per heavy atom. The number of hydrogen-bond donors (Lipinski definition) is 0. The van der Waals surface area contributed by atoms with Crippen LogP contribution in [0.5, 0.6) is 5.75 Å². The predicted octanol–water partition coefficient (Wildman–Crippen LogP) is 4.22. The zero-order valence-electron chi connectivity index (χ0n) is 15.9. The van der Waals surface area contributed by atoms with E-state index in [0.29, 0.717) is 24.5 Å². The highest BCUT2D eigenvalue weighted by atomic mass is 16.5. The lowest BCUT2D eigenvalue weighted by Gasteiger charge is -2.18. The number of pyridine rings is 1. The molecule has 0 spiro atoms. The first-order chi connectivity index (χ1) is 13.1. The zero-order chi connectivity index (χ0) is 19.2. The van der Waals surface area contributed by atoms with E-state index in [1.54, 1.807) is 13.1 Å². The number of hydrogen-bond acceptors (Lipinski definition) is 6. The van der Waals surface area contributed by atoms with Gasteiger partial charge in [-0.15, -0.1) is 0 Å². The molecule has 27 heavy (non-hydrogen) atoms. The summed E-state index contributed by atoms with van der Waals surface area (Å²) in [7, 11) is 2.03. The van der Waals surface area contributed by atoms with Gasteiger partial charge in [0.2, 0.25) is 5.76 Å². The maximum atomic E-state index is 12.0. The Kier molecular flexibility index (Phi) is 5.96. The van der Waals surface area contributed by atoms with Crippen LogP contribution >= 0.6 is 0 Å². The largest absolute Gasteiger partial charge is 0.493 e. The van der Waals surface area contributed by atoms with Gasteiger partial charge in [-0.3, -0.25) is 4.98 Å². The summed E-state index contributed by atoms with van der Waals surface area (Å²) in [5, 5.41) is 0.821.